The molecule has 1 aromatic carbocycles. The van der Waals surface area contributed by atoms with E-state index >= 15 is 0 Å². The molecule has 2 aromatic heterocycles. The van der Waals surface area contributed by atoms with Crippen molar-refractivity contribution in [2.24, 2.45) is 0 Å². The number of halogens is 2. The van der Waals surface area contributed by atoms with Crippen LogP contribution in [-0.2, 0) is 17.9 Å². The monoisotopic (exact) mass is 422 g/mol. The molecule has 0 fully saturated rings. The van der Waals surface area contributed by atoms with Gasteiger partial charge in [0.2, 0.25) is 5.91 Å². The minimum Gasteiger partial charge on any atom is -0.323 e. The number of benzene rings is 1. The van der Waals surface area contributed by atoms with E-state index in [1.165, 1.54) is 10.9 Å². The molecular weight excluding hydrogens is 407 g/mol. The highest BCUT2D eigenvalue weighted by atomic mass is 35.5. The molecule has 0 aliphatic carbocycles. The van der Waals surface area contributed by atoms with E-state index in [0.717, 1.165) is 5.56 Å². The van der Waals surface area contributed by atoms with Gasteiger partial charge >= 0.3 is 5.69 Å². The van der Waals surface area contributed by atoms with Crippen LogP contribution in [0.4, 0.5) is 11.4 Å². The molecule has 0 radical (unpaired) electrons. The maximum Gasteiger partial charge on any atom is 0.309 e. The van der Waals surface area contributed by atoms with Crippen molar-refractivity contribution in [3.63, 3.8) is 0 Å². The lowest BCUT2D eigenvalue weighted by molar-refractivity contribution is -0.385. The summed E-state index contributed by atoms with van der Waals surface area (Å²) in [6.07, 6.45) is 4.68. The molecule has 1 amide bonds. The first-order valence-corrected chi connectivity index (χ1v) is 9.02. The van der Waals surface area contributed by atoms with Crippen LogP contribution in [0.15, 0.2) is 36.8 Å². The van der Waals surface area contributed by atoms with Crippen molar-refractivity contribution in [1.82, 2.24) is 19.6 Å². The molecule has 11 heteroatoms. The molecule has 1 N–H and O–H groups in total. The van der Waals surface area contributed by atoms with Crippen LogP contribution in [0, 0.1) is 17.0 Å². The number of aryl methyl sites for hydroxylation is 2. The van der Waals surface area contributed by atoms with Gasteiger partial charge in [-0.2, -0.15) is 10.2 Å². The largest absolute Gasteiger partial charge is 0.323 e. The summed E-state index contributed by atoms with van der Waals surface area (Å²) in [5.74, 6) is -0.245. The molecule has 9 nitrogen and oxygen atoms in total. The number of aromatic nitrogens is 4. The molecule has 0 aliphatic heterocycles. The van der Waals surface area contributed by atoms with E-state index in [9.17, 15) is 14.9 Å². The quantitative estimate of drug-likeness (QED) is 0.461. The Hall–Kier alpha value is -2.91. The Balaban J connectivity index is 1.54. The summed E-state index contributed by atoms with van der Waals surface area (Å²) < 4.78 is 3.05. The average molecular weight is 423 g/mol. The number of rotatable bonds is 7. The molecule has 0 unspecified atom stereocenters. The van der Waals surface area contributed by atoms with Gasteiger partial charge < -0.3 is 5.32 Å². The molecule has 0 saturated carbocycles. The Morgan fingerprint density at radius 2 is 2.04 bits per heavy atom. The summed E-state index contributed by atoms with van der Waals surface area (Å²) in [5.41, 5.74) is 1.72. The smallest absolute Gasteiger partial charge is 0.309 e. The summed E-state index contributed by atoms with van der Waals surface area (Å²) in [6.45, 7) is 2.26. The fourth-order valence-electron chi connectivity index (χ4n) is 2.58. The standard InChI is InChI=1S/C17H16Cl2N6O3/c1-11-16(25(27)28)10-23(22-11)5-4-17(26)21-13-7-20-24(9-13)8-12-2-3-14(18)15(19)6-12/h2-3,6-7,9-10H,4-5,8H2,1H3,(H,21,26). The average Bonchev–Trinajstić information content (AvgIpc) is 3.22. The molecule has 2 heterocycles. The molecule has 0 spiro atoms. The summed E-state index contributed by atoms with van der Waals surface area (Å²) in [5, 5.41) is 22.8. The van der Waals surface area contributed by atoms with Crippen LogP contribution in [-0.4, -0.2) is 30.4 Å². The summed E-state index contributed by atoms with van der Waals surface area (Å²) in [7, 11) is 0. The third-order valence-electron chi connectivity index (χ3n) is 3.93. The number of anilines is 1. The lowest BCUT2D eigenvalue weighted by Crippen LogP contribution is -2.14. The third-order valence-corrected chi connectivity index (χ3v) is 4.67. The fraction of sp³-hybridized carbons (Fsp3) is 0.235. The molecule has 0 saturated heterocycles. The Labute approximate surface area is 170 Å². The van der Waals surface area contributed by atoms with E-state index < -0.39 is 4.92 Å². The maximum absolute atomic E-state index is 12.1. The van der Waals surface area contributed by atoms with Crippen molar-refractivity contribution in [3.05, 3.63) is 68.2 Å². The number of hydrogen-bond acceptors (Lipinski definition) is 5. The number of amides is 1. The van der Waals surface area contributed by atoms with Gasteiger partial charge in [0.1, 0.15) is 11.9 Å². The molecule has 0 atom stereocenters. The van der Waals surface area contributed by atoms with E-state index in [0.29, 0.717) is 28.0 Å². The van der Waals surface area contributed by atoms with Gasteiger partial charge in [-0.1, -0.05) is 29.3 Å². The van der Waals surface area contributed by atoms with Crippen molar-refractivity contribution in [2.45, 2.75) is 26.4 Å². The first-order valence-electron chi connectivity index (χ1n) is 8.26. The second-order valence-electron chi connectivity index (χ2n) is 6.09. The van der Waals surface area contributed by atoms with E-state index in [-0.39, 0.29) is 24.6 Å². The molecule has 28 heavy (non-hydrogen) atoms. The van der Waals surface area contributed by atoms with Crippen LogP contribution in [0.3, 0.4) is 0 Å². The zero-order chi connectivity index (χ0) is 20.3. The number of nitro groups is 1. The summed E-state index contributed by atoms with van der Waals surface area (Å²) in [4.78, 5) is 22.4. The van der Waals surface area contributed by atoms with Crippen LogP contribution in [0.5, 0.6) is 0 Å². The van der Waals surface area contributed by atoms with Gasteiger partial charge in [-0.25, -0.2) is 0 Å². The normalized spacial score (nSPS) is 10.8. The third kappa shape index (κ3) is 4.87. The summed E-state index contributed by atoms with van der Waals surface area (Å²) >= 11 is 11.9. The van der Waals surface area contributed by atoms with Crippen LogP contribution < -0.4 is 5.32 Å². The van der Waals surface area contributed by atoms with Gasteiger partial charge in [-0.15, -0.1) is 0 Å². The Morgan fingerprint density at radius 3 is 2.71 bits per heavy atom. The van der Waals surface area contributed by atoms with Crippen molar-refractivity contribution in [3.8, 4) is 0 Å². The molecule has 0 bridgehead atoms. The van der Waals surface area contributed by atoms with Crippen molar-refractivity contribution in [1.29, 1.82) is 0 Å². The van der Waals surface area contributed by atoms with E-state index in [4.69, 9.17) is 23.2 Å². The van der Waals surface area contributed by atoms with Gasteiger partial charge in [0.05, 0.1) is 33.4 Å². The zero-order valence-electron chi connectivity index (χ0n) is 14.8. The predicted octanol–water partition coefficient (Wildman–Crippen LogP) is 3.68. The van der Waals surface area contributed by atoms with E-state index in [1.54, 1.807) is 36.1 Å². The first kappa shape index (κ1) is 19.8. The van der Waals surface area contributed by atoms with Gasteiger partial charge in [0.25, 0.3) is 0 Å². The number of nitrogens with zero attached hydrogens (tertiary/aromatic N) is 5. The van der Waals surface area contributed by atoms with Gasteiger partial charge in [-0.05, 0) is 24.6 Å². The van der Waals surface area contributed by atoms with E-state index in [1.807, 2.05) is 6.07 Å². The highest BCUT2D eigenvalue weighted by molar-refractivity contribution is 6.42. The van der Waals surface area contributed by atoms with Gasteiger partial charge in [0.15, 0.2) is 0 Å². The Morgan fingerprint density at radius 1 is 1.25 bits per heavy atom. The highest BCUT2D eigenvalue weighted by Gasteiger charge is 2.15. The van der Waals surface area contributed by atoms with Crippen molar-refractivity contribution < 1.29 is 9.72 Å². The SMILES string of the molecule is Cc1nn(CCC(=O)Nc2cnn(Cc3ccc(Cl)c(Cl)c3)c2)cc1[N+](=O)[O-]. The van der Waals surface area contributed by atoms with Crippen LogP contribution >= 0.6 is 23.2 Å². The molecule has 146 valence electrons. The Kier molecular flexibility index (Phi) is 5.96. The number of carbonyl (C=O) groups excluding carboxylic acids is 1. The first-order chi connectivity index (χ1) is 13.3. The minimum atomic E-state index is -0.499. The minimum absolute atomic E-state index is 0.0658. The second-order valence-corrected chi connectivity index (χ2v) is 6.91. The van der Waals surface area contributed by atoms with Crippen LogP contribution in [0.2, 0.25) is 10.0 Å². The maximum atomic E-state index is 12.1. The molecule has 3 aromatic rings. The topological polar surface area (TPSA) is 108 Å². The molecule has 0 aliphatic rings. The zero-order valence-corrected chi connectivity index (χ0v) is 16.3. The number of hydrogen-bond donors (Lipinski definition) is 1. The van der Waals surface area contributed by atoms with Crippen LogP contribution in [0.25, 0.3) is 0 Å². The van der Waals surface area contributed by atoms with Gasteiger partial charge in [0, 0.05) is 19.2 Å². The lowest BCUT2D eigenvalue weighted by Gasteiger charge is -2.04. The van der Waals surface area contributed by atoms with Crippen LogP contribution in [0.1, 0.15) is 17.7 Å². The predicted molar refractivity (Wildman–Crippen MR) is 105 cm³/mol. The van der Waals surface area contributed by atoms with Gasteiger partial charge in [-0.3, -0.25) is 24.3 Å². The van der Waals surface area contributed by atoms with Crippen molar-refractivity contribution >= 4 is 40.5 Å². The molecular formula is C17H16Cl2N6O3. The summed E-state index contributed by atoms with van der Waals surface area (Å²) in [6, 6.07) is 5.32. The molecule has 3 rings (SSSR count). The fourth-order valence-corrected chi connectivity index (χ4v) is 2.90. The Bertz CT molecular complexity index is 1030. The highest BCUT2D eigenvalue weighted by Crippen LogP contribution is 2.23. The van der Waals surface area contributed by atoms with Crippen molar-refractivity contribution in [2.75, 3.05) is 5.32 Å². The second kappa shape index (κ2) is 8.41. The van der Waals surface area contributed by atoms with E-state index in [2.05, 4.69) is 15.5 Å². The lowest BCUT2D eigenvalue weighted by atomic mass is 10.2. The number of carbonyl (C=O) groups is 1. The number of nitrogens with one attached hydrogen (secondary N) is 1.